The molecule has 2 rings (SSSR count). The molecule has 102 valence electrons. The summed E-state index contributed by atoms with van der Waals surface area (Å²) in [5.74, 6) is 0.402. The van der Waals surface area contributed by atoms with Crippen LogP contribution in [0.25, 0.3) is 0 Å². The van der Waals surface area contributed by atoms with E-state index in [1.165, 1.54) is 11.1 Å². The fourth-order valence-electron chi connectivity index (χ4n) is 2.44. The average molecular weight is 257 g/mol. The Morgan fingerprint density at radius 2 is 1.84 bits per heavy atom. The van der Waals surface area contributed by atoms with Gasteiger partial charge in [0, 0.05) is 12.2 Å². The third kappa shape index (κ3) is 2.71. The molecule has 1 heterocycles. The summed E-state index contributed by atoms with van der Waals surface area (Å²) >= 11 is 0. The van der Waals surface area contributed by atoms with Crippen molar-refractivity contribution in [3.63, 3.8) is 0 Å². The largest absolute Gasteiger partial charge is 0.326 e. The number of aromatic nitrogens is 2. The van der Waals surface area contributed by atoms with Gasteiger partial charge in [-0.3, -0.25) is 0 Å². The number of imidazole rings is 1. The smallest absolute Gasteiger partial charge is 0.0954 e. The van der Waals surface area contributed by atoms with Crippen LogP contribution in [0.2, 0.25) is 0 Å². The summed E-state index contributed by atoms with van der Waals surface area (Å²) in [6.45, 7) is 8.62. The Balaban J connectivity index is 2.38. The Hall–Kier alpha value is -1.61. The first kappa shape index (κ1) is 13.8. The number of nitrogens with two attached hydrogens (primary N) is 1. The highest BCUT2D eigenvalue weighted by atomic mass is 15.1. The molecule has 1 aromatic heterocycles. The highest BCUT2D eigenvalue weighted by Crippen LogP contribution is 2.26. The van der Waals surface area contributed by atoms with Crippen LogP contribution in [0.5, 0.6) is 0 Å². The molecule has 3 heteroatoms. The van der Waals surface area contributed by atoms with E-state index in [1.807, 2.05) is 12.5 Å². The van der Waals surface area contributed by atoms with Crippen molar-refractivity contribution in [2.45, 2.75) is 39.8 Å². The van der Waals surface area contributed by atoms with Gasteiger partial charge in [-0.05, 0) is 30.9 Å². The average Bonchev–Trinajstić information content (AvgIpc) is 2.86. The van der Waals surface area contributed by atoms with E-state index in [0.717, 1.165) is 5.69 Å². The van der Waals surface area contributed by atoms with Crippen LogP contribution >= 0.6 is 0 Å². The van der Waals surface area contributed by atoms with E-state index in [2.05, 4.69) is 61.5 Å². The molecule has 0 amide bonds. The Morgan fingerprint density at radius 3 is 2.47 bits per heavy atom. The maximum absolute atomic E-state index is 6.28. The lowest BCUT2D eigenvalue weighted by molar-refractivity contribution is 0.467. The maximum atomic E-state index is 6.28. The molecule has 0 saturated heterocycles. The van der Waals surface area contributed by atoms with Gasteiger partial charge >= 0.3 is 0 Å². The molecule has 1 aromatic carbocycles. The number of rotatable bonds is 4. The molecule has 3 nitrogen and oxygen atoms in total. The third-order valence-electron chi connectivity index (χ3n) is 3.81. The standard InChI is InChI=1S/C16H23N3/c1-11(2)16(17)15-9-18-10-19(15)13(4)14-8-6-5-7-12(14)3/h5-11,13,16H,17H2,1-4H3. The van der Waals surface area contributed by atoms with Crippen molar-refractivity contribution < 1.29 is 0 Å². The number of nitrogens with zero attached hydrogens (tertiary/aromatic N) is 2. The van der Waals surface area contributed by atoms with Gasteiger partial charge in [0.2, 0.25) is 0 Å². The van der Waals surface area contributed by atoms with Crippen LogP contribution in [0.1, 0.15) is 49.7 Å². The zero-order valence-electron chi connectivity index (χ0n) is 12.2. The third-order valence-corrected chi connectivity index (χ3v) is 3.81. The second-order valence-electron chi connectivity index (χ2n) is 5.53. The lowest BCUT2D eigenvalue weighted by atomic mass is 9.99. The lowest BCUT2D eigenvalue weighted by Crippen LogP contribution is -2.22. The van der Waals surface area contributed by atoms with Gasteiger partial charge < -0.3 is 10.3 Å². The first-order valence-corrected chi connectivity index (χ1v) is 6.85. The van der Waals surface area contributed by atoms with Crippen LogP contribution in [-0.4, -0.2) is 9.55 Å². The summed E-state index contributed by atoms with van der Waals surface area (Å²) in [6, 6.07) is 8.74. The molecule has 0 bridgehead atoms. The minimum Gasteiger partial charge on any atom is -0.326 e. The van der Waals surface area contributed by atoms with Crippen molar-refractivity contribution in [3.8, 4) is 0 Å². The minimum atomic E-state index is 0.0222. The van der Waals surface area contributed by atoms with E-state index in [9.17, 15) is 0 Å². The van der Waals surface area contributed by atoms with Crippen molar-refractivity contribution >= 4 is 0 Å². The van der Waals surface area contributed by atoms with Crippen LogP contribution in [0.3, 0.4) is 0 Å². The van der Waals surface area contributed by atoms with E-state index >= 15 is 0 Å². The molecule has 0 radical (unpaired) electrons. The quantitative estimate of drug-likeness (QED) is 0.911. The summed E-state index contributed by atoms with van der Waals surface area (Å²) in [6.07, 6.45) is 3.77. The molecule has 0 aliphatic rings. The van der Waals surface area contributed by atoms with Crippen molar-refractivity contribution in [2.75, 3.05) is 0 Å². The molecule has 2 N–H and O–H groups in total. The number of aryl methyl sites for hydroxylation is 1. The second-order valence-corrected chi connectivity index (χ2v) is 5.53. The van der Waals surface area contributed by atoms with Crippen molar-refractivity contribution in [2.24, 2.45) is 11.7 Å². The Kier molecular flexibility index (Phi) is 4.05. The highest BCUT2D eigenvalue weighted by Gasteiger charge is 2.19. The summed E-state index contributed by atoms with van der Waals surface area (Å²) in [5, 5.41) is 0. The van der Waals surface area contributed by atoms with Gasteiger partial charge in [-0.15, -0.1) is 0 Å². The lowest BCUT2D eigenvalue weighted by Gasteiger charge is -2.23. The monoisotopic (exact) mass is 257 g/mol. The topological polar surface area (TPSA) is 43.8 Å². The summed E-state index contributed by atoms with van der Waals surface area (Å²) < 4.78 is 2.19. The maximum Gasteiger partial charge on any atom is 0.0954 e. The molecule has 0 aliphatic heterocycles. The molecular weight excluding hydrogens is 234 g/mol. The molecule has 0 fully saturated rings. The van der Waals surface area contributed by atoms with Gasteiger partial charge in [0.25, 0.3) is 0 Å². The van der Waals surface area contributed by atoms with E-state index in [-0.39, 0.29) is 12.1 Å². The van der Waals surface area contributed by atoms with Crippen LogP contribution in [-0.2, 0) is 0 Å². The molecule has 0 saturated carbocycles. The number of hydrogen-bond acceptors (Lipinski definition) is 2. The van der Waals surface area contributed by atoms with Gasteiger partial charge in [-0.2, -0.15) is 0 Å². The van der Waals surface area contributed by atoms with Crippen LogP contribution in [0, 0.1) is 12.8 Å². The van der Waals surface area contributed by atoms with Crippen LogP contribution < -0.4 is 5.73 Å². The van der Waals surface area contributed by atoms with Crippen molar-refractivity contribution in [3.05, 3.63) is 53.6 Å². The number of benzene rings is 1. The van der Waals surface area contributed by atoms with Gasteiger partial charge in [0.1, 0.15) is 0 Å². The molecular formula is C16H23N3. The normalized spacial score (nSPS) is 14.6. The Morgan fingerprint density at radius 1 is 1.16 bits per heavy atom. The van der Waals surface area contributed by atoms with Crippen molar-refractivity contribution in [1.82, 2.24) is 9.55 Å². The number of hydrogen-bond donors (Lipinski definition) is 1. The predicted octanol–water partition coefficient (Wildman–Crippen LogP) is 3.46. The predicted molar refractivity (Wildman–Crippen MR) is 79.0 cm³/mol. The van der Waals surface area contributed by atoms with Gasteiger partial charge in [-0.25, -0.2) is 4.98 Å². The minimum absolute atomic E-state index is 0.0222. The first-order chi connectivity index (χ1) is 9.02. The van der Waals surface area contributed by atoms with Crippen LogP contribution in [0.4, 0.5) is 0 Å². The van der Waals surface area contributed by atoms with Gasteiger partial charge in [0.05, 0.1) is 18.1 Å². The molecule has 0 aliphatic carbocycles. The Labute approximate surface area is 115 Å². The summed E-state index contributed by atoms with van der Waals surface area (Å²) in [7, 11) is 0. The Bertz CT molecular complexity index is 542. The molecule has 2 unspecified atom stereocenters. The van der Waals surface area contributed by atoms with Gasteiger partial charge in [0.15, 0.2) is 0 Å². The van der Waals surface area contributed by atoms with E-state index in [1.54, 1.807) is 0 Å². The van der Waals surface area contributed by atoms with Crippen molar-refractivity contribution in [1.29, 1.82) is 0 Å². The SMILES string of the molecule is Cc1ccccc1C(C)n1cncc1C(N)C(C)C. The summed E-state index contributed by atoms with van der Waals surface area (Å²) in [5.41, 5.74) is 9.99. The van der Waals surface area contributed by atoms with E-state index < -0.39 is 0 Å². The molecule has 2 atom stereocenters. The van der Waals surface area contributed by atoms with E-state index in [0.29, 0.717) is 5.92 Å². The fourth-order valence-corrected chi connectivity index (χ4v) is 2.44. The molecule has 0 spiro atoms. The first-order valence-electron chi connectivity index (χ1n) is 6.85. The summed E-state index contributed by atoms with van der Waals surface area (Å²) in [4.78, 5) is 4.28. The van der Waals surface area contributed by atoms with Crippen LogP contribution in [0.15, 0.2) is 36.8 Å². The zero-order chi connectivity index (χ0) is 14.0. The van der Waals surface area contributed by atoms with E-state index in [4.69, 9.17) is 5.73 Å². The zero-order valence-corrected chi connectivity index (χ0v) is 12.2. The molecule has 19 heavy (non-hydrogen) atoms. The van der Waals surface area contributed by atoms with Gasteiger partial charge in [-0.1, -0.05) is 38.1 Å². The second kappa shape index (κ2) is 5.57. The highest BCUT2D eigenvalue weighted by molar-refractivity contribution is 5.29. The molecule has 2 aromatic rings. The fraction of sp³-hybridized carbons (Fsp3) is 0.438.